The van der Waals surface area contributed by atoms with Crippen LogP contribution < -0.4 is 0 Å². The lowest BCUT2D eigenvalue weighted by atomic mass is 10.0. The molecule has 0 amide bonds. The van der Waals surface area contributed by atoms with Gasteiger partial charge in [0.05, 0.1) is 33.3 Å². The van der Waals surface area contributed by atoms with Crippen LogP contribution in [-0.2, 0) is 0 Å². The molecule has 0 bridgehead atoms. The Hall–Kier alpha value is -7.04. The van der Waals surface area contributed by atoms with Crippen molar-refractivity contribution < 1.29 is 0 Å². The fourth-order valence-electron chi connectivity index (χ4n) is 8.24. The first-order valence-electron chi connectivity index (χ1n) is 17.7. The lowest BCUT2D eigenvalue weighted by molar-refractivity contribution is 1.17. The summed E-state index contributed by atoms with van der Waals surface area (Å²) in [5.74, 6) is 0.718. The van der Waals surface area contributed by atoms with Crippen molar-refractivity contribution in [1.82, 2.24) is 19.1 Å². The van der Waals surface area contributed by atoms with Gasteiger partial charge in [-0.2, -0.15) is 0 Å². The van der Waals surface area contributed by atoms with Crippen molar-refractivity contribution in [1.29, 1.82) is 0 Å². The second-order valence-corrected chi connectivity index (χ2v) is 13.4. The topological polar surface area (TPSA) is 35.6 Å². The van der Waals surface area contributed by atoms with Crippen molar-refractivity contribution in [2.75, 3.05) is 0 Å². The van der Waals surface area contributed by atoms with Gasteiger partial charge in [-0.3, -0.25) is 0 Å². The Morgan fingerprint density at radius 2 is 0.904 bits per heavy atom. The zero-order valence-electron chi connectivity index (χ0n) is 28.1. The molecule has 3 aromatic heterocycles. The SMILES string of the molecule is c1ccc(-c2nc(-c3ccc(-n4c5ccccc5c5c6ccc7c8ccccc8n(-c8ccccc8)c7c6ccc54)cc3)nc3ccccc23)cc1. The molecule has 0 spiro atoms. The summed E-state index contributed by atoms with van der Waals surface area (Å²) >= 11 is 0. The molecule has 0 radical (unpaired) electrons. The maximum Gasteiger partial charge on any atom is 0.160 e. The van der Waals surface area contributed by atoms with Gasteiger partial charge in [-0.25, -0.2) is 9.97 Å². The summed E-state index contributed by atoms with van der Waals surface area (Å²) in [7, 11) is 0. The molecular weight excluding hydrogens is 633 g/mol. The van der Waals surface area contributed by atoms with E-state index in [0.29, 0.717) is 0 Å². The minimum absolute atomic E-state index is 0.718. The first-order chi connectivity index (χ1) is 25.8. The van der Waals surface area contributed by atoms with Gasteiger partial charge >= 0.3 is 0 Å². The summed E-state index contributed by atoms with van der Waals surface area (Å²) in [5.41, 5.74) is 11.0. The van der Waals surface area contributed by atoms with Crippen LogP contribution in [0.5, 0.6) is 0 Å². The van der Waals surface area contributed by atoms with Gasteiger partial charge in [0.2, 0.25) is 0 Å². The van der Waals surface area contributed by atoms with Crippen LogP contribution in [0.15, 0.2) is 182 Å². The fourth-order valence-corrected chi connectivity index (χ4v) is 8.24. The quantitative estimate of drug-likeness (QED) is 0.188. The van der Waals surface area contributed by atoms with Crippen LogP contribution >= 0.6 is 0 Å². The summed E-state index contributed by atoms with van der Waals surface area (Å²) in [6, 6.07) is 64.8. The zero-order valence-corrected chi connectivity index (χ0v) is 28.1. The molecule has 0 unspecified atom stereocenters. The van der Waals surface area contributed by atoms with Gasteiger partial charge in [-0.05, 0) is 66.0 Å². The molecule has 52 heavy (non-hydrogen) atoms. The average molecular weight is 663 g/mol. The molecular formula is C48H30N4. The highest BCUT2D eigenvalue weighted by Gasteiger charge is 2.20. The lowest BCUT2D eigenvalue weighted by Crippen LogP contribution is -1.97. The van der Waals surface area contributed by atoms with Gasteiger partial charge in [-0.15, -0.1) is 0 Å². The Morgan fingerprint density at radius 3 is 1.69 bits per heavy atom. The van der Waals surface area contributed by atoms with Gasteiger partial charge in [-0.1, -0.05) is 121 Å². The number of para-hydroxylation sites is 4. The van der Waals surface area contributed by atoms with E-state index >= 15 is 0 Å². The van der Waals surface area contributed by atoms with Gasteiger partial charge < -0.3 is 9.13 Å². The van der Waals surface area contributed by atoms with Crippen LogP contribution in [0.1, 0.15) is 0 Å². The third-order valence-corrected chi connectivity index (χ3v) is 10.5. The predicted molar refractivity (Wildman–Crippen MR) is 217 cm³/mol. The Bertz CT molecular complexity index is 3160. The summed E-state index contributed by atoms with van der Waals surface area (Å²) < 4.78 is 4.82. The number of nitrogens with zero attached hydrogens (tertiary/aromatic N) is 4. The molecule has 0 aliphatic heterocycles. The second-order valence-electron chi connectivity index (χ2n) is 13.4. The van der Waals surface area contributed by atoms with Crippen LogP contribution in [0.3, 0.4) is 0 Å². The predicted octanol–water partition coefficient (Wildman–Crippen LogP) is 12.3. The second kappa shape index (κ2) is 11.2. The molecule has 3 heterocycles. The molecule has 4 nitrogen and oxygen atoms in total. The van der Waals surface area contributed by atoms with Crippen LogP contribution in [0.4, 0.5) is 0 Å². The van der Waals surface area contributed by atoms with E-state index in [4.69, 9.17) is 9.97 Å². The Kier molecular flexibility index (Phi) is 6.22. The molecule has 242 valence electrons. The zero-order chi connectivity index (χ0) is 34.2. The number of rotatable bonds is 4. The fraction of sp³-hybridized carbons (Fsp3) is 0. The molecule has 11 rings (SSSR count). The van der Waals surface area contributed by atoms with Gasteiger partial charge in [0, 0.05) is 54.8 Å². The van der Waals surface area contributed by atoms with Crippen LogP contribution in [0, 0.1) is 0 Å². The smallest absolute Gasteiger partial charge is 0.160 e. The summed E-state index contributed by atoms with van der Waals surface area (Å²) in [5, 5.41) is 8.55. The highest BCUT2D eigenvalue weighted by molar-refractivity contribution is 6.28. The highest BCUT2D eigenvalue weighted by atomic mass is 15.0. The first kappa shape index (κ1) is 28.8. The molecule has 8 aromatic carbocycles. The van der Waals surface area contributed by atoms with Crippen molar-refractivity contribution >= 4 is 65.3 Å². The van der Waals surface area contributed by atoms with Crippen molar-refractivity contribution in [2.45, 2.75) is 0 Å². The van der Waals surface area contributed by atoms with E-state index in [1.54, 1.807) is 0 Å². The van der Waals surface area contributed by atoms with Gasteiger partial charge in [0.1, 0.15) is 0 Å². The average Bonchev–Trinajstić information content (AvgIpc) is 3.75. The molecule has 0 fully saturated rings. The van der Waals surface area contributed by atoms with E-state index in [9.17, 15) is 0 Å². The monoisotopic (exact) mass is 662 g/mol. The normalized spacial score (nSPS) is 11.8. The van der Waals surface area contributed by atoms with Crippen molar-refractivity contribution in [3.8, 4) is 34.0 Å². The lowest BCUT2D eigenvalue weighted by Gasteiger charge is -2.12. The third kappa shape index (κ3) is 4.21. The van der Waals surface area contributed by atoms with E-state index < -0.39 is 0 Å². The Morgan fingerprint density at radius 1 is 0.327 bits per heavy atom. The summed E-state index contributed by atoms with van der Waals surface area (Å²) in [6.07, 6.45) is 0. The first-order valence-corrected chi connectivity index (χ1v) is 17.7. The molecule has 0 atom stereocenters. The number of aromatic nitrogens is 4. The Balaban J connectivity index is 1.12. The van der Waals surface area contributed by atoms with Crippen LogP contribution in [0.2, 0.25) is 0 Å². The van der Waals surface area contributed by atoms with Crippen molar-refractivity contribution in [3.63, 3.8) is 0 Å². The van der Waals surface area contributed by atoms with Crippen LogP contribution in [0.25, 0.3) is 99.3 Å². The molecule has 0 saturated carbocycles. The van der Waals surface area contributed by atoms with E-state index in [0.717, 1.165) is 44.9 Å². The summed E-state index contributed by atoms with van der Waals surface area (Å²) in [4.78, 5) is 10.1. The molecule has 0 N–H and O–H groups in total. The minimum Gasteiger partial charge on any atom is -0.309 e. The molecule has 0 aliphatic carbocycles. The molecule has 4 heteroatoms. The minimum atomic E-state index is 0.718. The van der Waals surface area contributed by atoms with Crippen molar-refractivity contribution in [2.24, 2.45) is 0 Å². The van der Waals surface area contributed by atoms with Crippen molar-refractivity contribution in [3.05, 3.63) is 182 Å². The van der Waals surface area contributed by atoms with E-state index in [1.165, 1.54) is 54.4 Å². The summed E-state index contributed by atoms with van der Waals surface area (Å²) in [6.45, 7) is 0. The number of hydrogen-bond acceptors (Lipinski definition) is 2. The largest absolute Gasteiger partial charge is 0.309 e. The molecule has 0 saturated heterocycles. The Labute approximate surface area is 299 Å². The number of hydrogen-bond donors (Lipinski definition) is 0. The van der Waals surface area contributed by atoms with Gasteiger partial charge in [0.25, 0.3) is 0 Å². The van der Waals surface area contributed by atoms with E-state index in [-0.39, 0.29) is 0 Å². The van der Waals surface area contributed by atoms with E-state index in [1.807, 2.05) is 18.2 Å². The number of benzene rings is 8. The maximum absolute atomic E-state index is 5.12. The third-order valence-electron chi connectivity index (χ3n) is 10.5. The standard InChI is InChI=1S/C48H30N4/c1-3-13-31(14-4-1)46-39-18-7-10-20-41(39)49-48(50-46)32-23-25-34(26-24-32)51-43-22-12-9-19-40(43)45-36-27-28-37-35-17-8-11-21-42(35)52(33-15-5-2-6-16-33)47(37)38(36)29-30-44(45)51/h1-30H. The molecule has 11 aromatic rings. The van der Waals surface area contributed by atoms with Crippen LogP contribution in [-0.4, -0.2) is 19.1 Å². The maximum atomic E-state index is 5.12. The van der Waals surface area contributed by atoms with Gasteiger partial charge in [0.15, 0.2) is 5.82 Å². The number of fused-ring (bicyclic) bond motifs is 10. The molecule has 0 aliphatic rings. The highest BCUT2D eigenvalue weighted by Crippen LogP contribution is 2.42. The van der Waals surface area contributed by atoms with E-state index in [2.05, 4.69) is 173 Å².